The van der Waals surface area contributed by atoms with Crippen molar-refractivity contribution in [1.29, 1.82) is 0 Å². The summed E-state index contributed by atoms with van der Waals surface area (Å²) in [5.41, 5.74) is 0.399. The molecule has 1 aliphatic rings. The predicted molar refractivity (Wildman–Crippen MR) is 109 cm³/mol. The maximum atomic E-state index is 12.8. The molecule has 0 bridgehead atoms. The number of sulfonamides is 1. The number of aryl methyl sites for hydroxylation is 1. The molecule has 2 aromatic heterocycles. The molecule has 0 aromatic carbocycles. The summed E-state index contributed by atoms with van der Waals surface area (Å²) in [4.78, 5) is 24.3. The summed E-state index contributed by atoms with van der Waals surface area (Å²) in [7, 11) is -3.60. The average molecular weight is 474 g/mol. The Morgan fingerprint density at radius 1 is 1.33 bits per heavy atom. The van der Waals surface area contributed by atoms with E-state index in [1.165, 1.54) is 14.9 Å². The second-order valence-electron chi connectivity index (χ2n) is 6.29. The van der Waals surface area contributed by atoms with Gasteiger partial charge in [0.2, 0.25) is 5.91 Å². The third-order valence-electron chi connectivity index (χ3n) is 4.49. The molecule has 10 heteroatoms. The number of hydrogen-bond donors (Lipinski definition) is 1. The zero-order valence-corrected chi connectivity index (χ0v) is 17.9. The van der Waals surface area contributed by atoms with Gasteiger partial charge in [-0.15, -0.1) is 11.3 Å². The van der Waals surface area contributed by atoms with E-state index in [4.69, 9.17) is 0 Å². The Hall–Kier alpha value is -1.49. The van der Waals surface area contributed by atoms with E-state index in [-0.39, 0.29) is 22.2 Å². The fourth-order valence-corrected chi connectivity index (χ4v) is 6.72. The van der Waals surface area contributed by atoms with Crippen molar-refractivity contribution in [2.75, 3.05) is 18.4 Å². The van der Waals surface area contributed by atoms with E-state index in [1.807, 2.05) is 6.92 Å². The number of nitrogens with zero attached hydrogens (tertiary/aromatic N) is 2. The van der Waals surface area contributed by atoms with Crippen LogP contribution >= 0.6 is 27.3 Å². The van der Waals surface area contributed by atoms with E-state index in [9.17, 15) is 18.0 Å². The zero-order valence-electron chi connectivity index (χ0n) is 14.7. The van der Waals surface area contributed by atoms with E-state index >= 15 is 0 Å². The minimum Gasteiger partial charge on any atom is -0.325 e. The van der Waals surface area contributed by atoms with E-state index in [0.29, 0.717) is 31.6 Å². The first-order chi connectivity index (χ1) is 12.8. The molecule has 0 aliphatic carbocycles. The molecule has 1 N–H and O–H groups in total. The Bertz CT molecular complexity index is 1000. The Labute approximate surface area is 170 Å². The van der Waals surface area contributed by atoms with Gasteiger partial charge in [-0.05, 0) is 53.9 Å². The molecule has 0 saturated carbocycles. The smallest absolute Gasteiger partial charge is 0.252 e. The molecule has 0 spiro atoms. The Kier molecular flexibility index (Phi) is 6.19. The van der Waals surface area contributed by atoms with Crippen LogP contribution in [0.15, 0.2) is 43.3 Å². The highest BCUT2D eigenvalue weighted by atomic mass is 79.9. The lowest BCUT2D eigenvalue weighted by Crippen LogP contribution is -2.43. The molecule has 1 saturated heterocycles. The van der Waals surface area contributed by atoms with Crippen LogP contribution in [0, 0.1) is 5.92 Å². The SMILES string of the molecule is CCn1cc(NC(=O)C2CCCN(S(=O)(=O)c3ccc(Br)s3)C2)ccc1=O. The summed E-state index contributed by atoms with van der Waals surface area (Å²) >= 11 is 4.44. The first kappa shape index (κ1) is 20.2. The summed E-state index contributed by atoms with van der Waals surface area (Å²) in [5.74, 6) is -0.664. The number of carbonyl (C=O) groups excluding carboxylic acids is 1. The Morgan fingerprint density at radius 3 is 2.78 bits per heavy atom. The molecule has 3 heterocycles. The number of hydrogen-bond acceptors (Lipinski definition) is 5. The number of halogens is 1. The second-order valence-corrected chi connectivity index (χ2v) is 10.9. The molecule has 1 aliphatic heterocycles. The monoisotopic (exact) mass is 473 g/mol. The molecule has 146 valence electrons. The van der Waals surface area contributed by atoms with Gasteiger partial charge in [-0.3, -0.25) is 9.59 Å². The minimum atomic E-state index is -3.60. The second kappa shape index (κ2) is 8.26. The fourth-order valence-electron chi connectivity index (χ4n) is 3.04. The van der Waals surface area contributed by atoms with Gasteiger partial charge in [0.05, 0.1) is 15.4 Å². The van der Waals surface area contributed by atoms with E-state index < -0.39 is 15.9 Å². The van der Waals surface area contributed by atoms with Crippen LogP contribution in [0.5, 0.6) is 0 Å². The van der Waals surface area contributed by atoms with Crippen LogP contribution in [0.2, 0.25) is 0 Å². The number of amides is 1. The largest absolute Gasteiger partial charge is 0.325 e. The first-order valence-electron chi connectivity index (χ1n) is 8.58. The van der Waals surface area contributed by atoms with Crippen LogP contribution in [0.1, 0.15) is 19.8 Å². The number of carbonyl (C=O) groups is 1. The van der Waals surface area contributed by atoms with Gasteiger partial charge >= 0.3 is 0 Å². The number of pyridine rings is 1. The van der Waals surface area contributed by atoms with Gasteiger partial charge in [0.15, 0.2) is 0 Å². The average Bonchev–Trinajstić information content (AvgIpc) is 3.10. The van der Waals surface area contributed by atoms with Crippen LogP contribution in [0.4, 0.5) is 5.69 Å². The molecule has 1 unspecified atom stereocenters. The number of thiophene rings is 1. The summed E-state index contributed by atoms with van der Waals surface area (Å²) in [6.45, 7) is 2.91. The summed E-state index contributed by atoms with van der Waals surface area (Å²) in [6.07, 6.45) is 2.85. The molecule has 1 fully saturated rings. The Balaban J connectivity index is 1.72. The summed E-state index contributed by atoms with van der Waals surface area (Å²) in [5, 5.41) is 2.80. The number of anilines is 1. The van der Waals surface area contributed by atoms with Crippen molar-refractivity contribution in [3.8, 4) is 0 Å². The molecule has 2 aromatic rings. The summed E-state index contributed by atoms with van der Waals surface area (Å²) < 4.78 is 29.5. The van der Waals surface area contributed by atoms with Crippen molar-refractivity contribution in [3.63, 3.8) is 0 Å². The van der Waals surface area contributed by atoms with Crippen molar-refractivity contribution < 1.29 is 13.2 Å². The quantitative estimate of drug-likeness (QED) is 0.722. The molecule has 7 nitrogen and oxygen atoms in total. The van der Waals surface area contributed by atoms with Gasteiger partial charge in [-0.2, -0.15) is 4.31 Å². The van der Waals surface area contributed by atoms with Gasteiger partial charge < -0.3 is 9.88 Å². The zero-order chi connectivity index (χ0) is 19.6. The first-order valence-corrected chi connectivity index (χ1v) is 11.6. The number of rotatable bonds is 5. The van der Waals surface area contributed by atoms with Crippen LogP contribution in [-0.2, 0) is 21.4 Å². The maximum Gasteiger partial charge on any atom is 0.252 e. The van der Waals surface area contributed by atoms with Crippen molar-refractivity contribution in [2.24, 2.45) is 5.92 Å². The lowest BCUT2D eigenvalue weighted by Gasteiger charge is -2.30. The predicted octanol–water partition coefficient (Wildman–Crippen LogP) is 2.73. The molecule has 3 rings (SSSR count). The van der Waals surface area contributed by atoms with Gasteiger partial charge in [0, 0.05) is 31.9 Å². The molecular formula is C17H20BrN3O4S2. The van der Waals surface area contributed by atoms with Crippen molar-refractivity contribution in [1.82, 2.24) is 8.87 Å². The van der Waals surface area contributed by atoms with Crippen molar-refractivity contribution >= 4 is 48.9 Å². The highest BCUT2D eigenvalue weighted by molar-refractivity contribution is 9.11. The highest BCUT2D eigenvalue weighted by Gasteiger charge is 2.34. The van der Waals surface area contributed by atoms with Gasteiger partial charge in [-0.1, -0.05) is 0 Å². The van der Waals surface area contributed by atoms with Crippen LogP contribution in [-0.4, -0.2) is 36.3 Å². The molecule has 0 radical (unpaired) electrons. The maximum absolute atomic E-state index is 12.8. The Morgan fingerprint density at radius 2 is 2.11 bits per heavy atom. The van der Waals surface area contributed by atoms with Gasteiger partial charge in [0.25, 0.3) is 15.6 Å². The minimum absolute atomic E-state index is 0.132. The van der Waals surface area contributed by atoms with Gasteiger partial charge in [0.1, 0.15) is 4.21 Å². The lowest BCUT2D eigenvalue weighted by atomic mass is 9.99. The van der Waals surface area contributed by atoms with Crippen LogP contribution < -0.4 is 10.9 Å². The van der Waals surface area contributed by atoms with E-state index in [1.54, 1.807) is 24.4 Å². The van der Waals surface area contributed by atoms with Crippen LogP contribution in [0.3, 0.4) is 0 Å². The fraction of sp³-hybridized carbons (Fsp3) is 0.412. The van der Waals surface area contributed by atoms with Gasteiger partial charge in [-0.25, -0.2) is 8.42 Å². The molecule has 1 amide bonds. The standard InChI is InChI=1S/C17H20BrN3O4S2/c1-2-20-11-13(5-7-15(20)22)19-17(23)12-4-3-9-21(10-12)27(24,25)16-8-6-14(18)26-16/h5-8,11-12H,2-4,9-10H2,1H3,(H,19,23). The number of aromatic nitrogens is 1. The number of piperidine rings is 1. The third kappa shape index (κ3) is 4.50. The van der Waals surface area contributed by atoms with Crippen molar-refractivity contribution in [3.05, 3.63) is 44.6 Å². The van der Waals surface area contributed by atoms with E-state index in [0.717, 1.165) is 15.1 Å². The third-order valence-corrected chi connectivity index (χ3v) is 8.45. The topological polar surface area (TPSA) is 88.5 Å². The molecular weight excluding hydrogens is 454 g/mol. The normalized spacial score (nSPS) is 18.4. The lowest BCUT2D eigenvalue weighted by molar-refractivity contribution is -0.120. The van der Waals surface area contributed by atoms with Crippen molar-refractivity contribution in [2.45, 2.75) is 30.5 Å². The summed E-state index contributed by atoms with van der Waals surface area (Å²) in [6, 6.07) is 6.24. The molecule has 27 heavy (non-hydrogen) atoms. The van der Waals surface area contributed by atoms with Crippen LogP contribution in [0.25, 0.3) is 0 Å². The number of nitrogens with one attached hydrogen (secondary N) is 1. The molecule has 1 atom stereocenters. The highest BCUT2D eigenvalue weighted by Crippen LogP contribution is 2.31. The van der Waals surface area contributed by atoms with E-state index in [2.05, 4.69) is 21.2 Å².